The molecule has 3 heteroatoms. The van der Waals surface area contributed by atoms with Crippen LogP contribution < -0.4 is 0 Å². The average molecular weight is 205 g/mol. The molecule has 0 unspecified atom stereocenters. The van der Waals surface area contributed by atoms with Crippen LogP contribution in [0.15, 0.2) is 0 Å². The Kier molecular flexibility index (Phi) is 23.2. The summed E-state index contributed by atoms with van der Waals surface area (Å²) in [7, 11) is 9.78. The molecule has 0 aliphatic rings. The summed E-state index contributed by atoms with van der Waals surface area (Å²) in [4.78, 5) is 0. The Bertz CT molecular complexity index is 30.2. The first kappa shape index (κ1) is 12.9. The van der Waals surface area contributed by atoms with Gasteiger partial charge in [-0.25, -0.2) is 0 Å². The summed E-state index contributed by atoms with van der Waals surface area (Å²) in [6.45, 7) is 4.46. The van der Waals surface area contributed by atoms with E-state index in [2.05, 4.69) is 13.8 Å². The van der Waals surface area contributed by atoms with E-state index in [1.807, 2.05) is 0 Å². The van der Waals surface area contributed by atoms with Gasteiger partial charge in [-0.05, 0) is 0 Å². The Balaban J connectivity index is 0. The van der Waals surface area contributed by atoms with Crippen molar-refractivity contribution in [1.29, 1.82) is 0 Å². The second-order valence-corrected chi connectivity index (χ2v) is 4.36. The third kappa shape index (κ3) is 26.8. The van der Waals surface area contributed by atoms with E-state index in [1.165, 1.54) is 25.7 Å². The molecule has 0 aliphatic carbocycles. The molecule has 0 aliphatic heterocycles. The van der Waals surface area contributed by atoms with Gasteiger partial charge in [-0.15, -0.1) is 0 Å². The maximum absolute atomic E-state index is 4.89. The molecule has 9 heavy (non-hydrogen) atoms. The van der Waals surface area contributed by atoms with Crippen LogP contribution in [0.1, 0.15) is 39.5 Å². The van der Waals surface area contributed by atoms with Crippen molar-refractivity contribution in [2.45, 2.75) is 39.5 Å². The molecule has 0 amide bonds. The number of rotatable bonds is 3. The molecular formula is C6H14Cl2Ti. The molecule has 56 valence electrons. The Labute approximate surface area is 75.0 Å². The fraction of sp³-hybridized carbons (Fsp3) is 1.00. The summed E-state index contributed by atoms with van der Waals surface area (Å²) in [5, 5.41) is 0. The summed E-state index contributed by atoms with van der Waals surface area (Å²) in [6, 6.07) is 0. The topological polar surface area (TPSA) is 0 Å². The van der Waals surface area contributed by atoms with Gasteiger partial charge in [0, 0.05) is 0 Å². The van der Waals surface area contributed by atoms with Crippen LogP contribution >= 0.6 is 18.6 Å². The standard InChI is InChI=1S/C6H14.2ClH.Ti/c1-3-5-6-4-2;;;/h3-6H2,1-2H3;2*1H;/q;;;+2/p-2. The van der Waals surface area contributed by atoms with Crippen molar-refractivity contribution in [2.75, 3.05) is 0 Å². The van der Waals surface area contributed by atoms with E-state index < -0.39 is 17.0 Å². The van der Waals surface area contributed by atoms with Crippen molar-refractivity contribution in [3.8, 4) is 0 Å². The SMILES string of the molecule is CCCCCC.[Cl][Ti][Cl]. The molecular weight excluding hydrogens is 191 g/mol. The van der Waals surface area contributed by atoms with Gasteiger partial charge in [0.15, 0.2) is 0 Å². The Morgan fingerprint density at radius 3 is 1.33 bits per heavy atom. The molecule has 0 nitrogen and oxygen atoms in total. The zero-order valence-corrected chi connectivity index (χ0v) is 9.16. The van der Waals surface area contributed by atoms with Crippen molar-refractivity contribution in [3.63, 3.8) is 0 Å². The first-order valence-corrected chi connectivity index (χ1v) is 7.59. The van der Waals surface area contributed by atoms with E-state index in [1.54, 1.807) is 0 Å². The van der Waals surface area contributed by atoms with E-state index in [0.29, 0.717) is 0 Å². The van der Waals surface area contributed by atoms with E-state index in [4.69, 9.17) is 18.6 Å². The maximum atomic E-state index is 4.89. The molecule has 0 saturated carbocycles. The molecule has 0 rings (SSSR count). The fourth-order valence-corrected chi connectivity index (χ4v) is 0.500. The van der Waals surface area contributed by atoms with E-state index in [-0.39, 0.29) is 0 Å². The fourth-order valence-electron chi connectivity index (χ4n) is 0.500. The van der Waals surface area contributed by atoms with Gasteiger partial charge in [0.05, 0.1) is 0 Å². The summed E-state index contributed by atoms with van der Waals surface area (Å²) in [6.07, 6.45) is 5.54. The van der Waals surface area contributed by atoms with Crippen molar-refractivity contribution < 1.29 is 17.0 Å². The normalized spacial score (nSPS) is 7.56. The van der Waals surface area contributed by atoms with Gasteiger partial charge in [0.1, 0.15) is 0 Å². The van der Waals surface area contributed by atoms with Gasteiger partial charge in [-0.2, -0.15) is 0 Å². The minimum absolute atomic E-state index is 0.556. The van der Waals surface area contributed by atoms with Gasteiger partial charge in [-0.3, -0.25) is 0 Å². The average Bonchev–Trinajstić information content (AvgIpc) is 1.86. The first-order chi connectivity index (χ1) is 4.33. The molecule has 0 aromatic rings. The molecule has 0 aromatic heterocycles. The van der Waals surface area contributed by atoms with Crippen molar-refractivity contribution in [3.05, 3.63) is 0 Å². The zero-order chi connectivity index (χ0) is 7.54. The number of hydrogen-bond acceptors (Lipinski definition) is 0. The van der Waals surface area contributed by atoms with Gasteiger partial charge in [0.25, 0.3) is 0 Å². The summed E-state index contributed by atoms with van der Waals surface area (Å²) in [5.41, 5.74) is 0. The van der Waals surface area contributed by atoms with E-state index >= 15 is 0 Å². The number of hydrogen-bond donors (Lipinski definition) is 0. The monoisotopic (exact) mass is 204 g/mol. The Hall–Kier alpha value is 1.29. The summed E-state index contributed by atoms with van der Waals surface area (Å²) in [5.74, 6) is 0. The van der Waals surface area contributed by atoms with Gasteiger partial charge < -0.3 is 0 Å². The molecule has 0 bridgehead atoms. The second kappa shape index (κ2) is 16.1. The minimum atomic E-state index is -0.556. The first-order valence-electron chi connectivity index (χ1n) is 3.29. The van der Waals surface area contributed by atoms with Crippen molar-refractivity contribution in [1.82, 2.24) is 0 Å². The molecule has 0 fully saturated rings. The molecule has 0 atom stereocenters. The third-order valence-corrected chi connectivity index (χ3v) is 0.957. The Morgan fingerprint density at radius 1 is 1.00 bits per heavy atom. The van der Waals surface area contributed by atoms with Crippen LogP contribution in [0.3, 0.4) is 0 Å². The predicted octanol–water partition coefficient (Wildman–Crippen LogP) is 3.96. The van der Waals surface area contributed by atoms with Gasteiger partial charge >= 0.3 is 35.6 Å². The molecule has 0 heterocycles. The Morgan fingerprint density at radius 2 is 1.22 bits per heavy atom. The van der Waals surface area contributed by atoms with Crippen molar-refractivity contribution in [2.24, 2.45) is 0 Å². The van der Waals surface area contributed by atoms with Crippen molar-refractivity contribution >= 4 is 18.6 Å². The number of halogens is 2. The van der Waals surface area contributed by atoms with Gasteiger partial charge in [0.2, 0.25) is 0 Å². The van der Waals surface area contributed by atoms with Crippen LogP contribution in [0.5, 0.6) is 0 Å². The quantitative estimate of drug-likeness (QED) is 0.483. The van der Waals surface area contributed by atoms with Crippen LogP contribution in [0.2, 0.25) is 0 Å². The van der Waals surface area contributed by atoms with Gasteiger partial charge in [-0.1, -0.05) is 39.5 Å². The third-order valence-electron chi connectivity index (χ3n) is 0.957. The van der Waals surface area contributed by atoms with Crippen LogP contribution in [0, 0.1) is 0 Å². The summed E-state index contributed by atoms with van der Waals surface area (Å²) < 4.78 is 0. The van der Waals surface area contributed by atoms with Crippen LogP contribution in [0.25, 0.3) is 0 Å². The zero-order valence-electron chi connectivity index (χ0n) is 6.08. The number of unbranched alkanes of at least 4 members (excludes halogenated alkanes) is 3. The van der Waals surface area contributed by atoms with Crippen LogP contribution in [-0.4, -0.2) is 0 Å². The summed E-state index contributed by atoms with van der Waals surface area (Å²) >= 11 is -0.556. The molecule has 0 radical (unpaired) electrons. The molecule has 0 saturated heterocycles. The van der Waals surface area contributed by atoms with E-state index in [9.17, 15) is 0 Å². The van der Waals surface area contributed by atoms with Crippen LogP contribution in [-0.2, 0) is 17.0 Å². The van der Waals surface area contributed by atoms with E-state index in [0.717, 1.165) is 0 Å². The molecule has 0 N–H and O–H groups in total. The molecule has 0 spiro atoms. The predicted molar refractivity (Wildman–Crippen MR) is 41.5 cm³/mol. The second-order valence-electron chi connectivity index (χ2n) is 1.78. The molecule has 0 aromatic carbocycles. The van der Waals surface area contributed by atoms with Crippen LogP contribution in [0.4, 0.5) is 0 Å².